The van der Waals surface area contributed by atoms with Crippen LogP contribution in [0.2, 0.25) is 5.02 Å². The number of hydrogen-bond donors (Lipinski definition) is 2. The van der Waals surface area contributed by atoms with E-state index in [9.17, 15) is 0 Å². The summed E-state index contributed by atoms with van der Waals surface area (Å²) >= 11 is 9.34. The van der Waals surface area contributed by atoms with Gasteiger partial charge in [-0.05, 0) is 46.5 Å². The molecule has 0 aliphatic carbocycles. The Morgan fingerprint density at radius 2 is 2.31 bits per heavy atom. The van der Waals surface area contributed by atoms with Gasteiger partial charge in [-0.1, -0.05) is 17.7 Å². The number of benzene rings is 1. The molecule has 0 bridgehead atoms. The molecule has 5 heteroatoms. The molecule has 0 aliphatic rings. The second kappa shape index (κ2) is 7.25. The van der Waals surface area contributed by atoms with Crippen molar-refractivity contribution in [3.63, 3.8) is 0 Å². The zero-order valence-corrected chi connectivity index (χ0v) is 11.5. The summed E-state index contributed by atoms with van der Waals surface area (Å²) < 4.78 is 5.90. The highest BCUT2D eigenvalue weighted by molar-refractivity contribution is 9.10. The highest BCUT2D eigenvalue weighted by atomic mass is 79.9. The summed E-state index contributed by atoms with van der Waals surface area (Å²) in [6.07, 6.45) is 1.89. The average Bonchev–Trinajstić information content (AvgIpc) is 2.29. The first kappa shape index (κ1) is 13.9. The Kier molecular flexibility index (Phi) is 6.31. The van der Waals surface area contributed by atoms with Crippen LogP contribution in [0.1, 0.15) is 24.4 Å². The molecule has 0 spiro atoms. The molecule has 3 nitrogen and oxygen atoms in total. The molecule has 0 amide bonds. The monoisotopic (exact) mass is 306 g/mol. The quantitative estimate of drug-likeness (QED) is 0.482. The number of methoxy groups -OCH3 is 1. The first-order valence-corrected chi connectivity index (χ1v) is 6.26. The van der Waals surface area contributed by atoms with Crippen molar-refractivity contribution in [2.45, 2.75) is 18.9 Å². The molecule has 1 unspecified atom stereocenters. The number of nitrogens with two attached hydrogens (primary N) is 1. The summed E-state index contributed by atoms with van der Waals surface area (Å²) in [6.45, 7) is 0.743. The molecule has 1 aromatic carbocycles. The molecule has 1 aromatic rings. The first-order chi connectivity index (χ1) is 7.69. The Morgan fingerprint density at radius 1 is 1.56 bits per heavy atom. The number of ether oxygens (including phenoxy) is 1. The predicted octanol–water partition coefficient (Wildman–Crippen LogP) is 3.03. The lowest BCUT2D eigenvalue weighted by atomic mass is 10.0. The van der Waals surface area contributed by atoms with E-state index < -0.39 is 0 Å². The van der Waals surface area contributed by atoms with Crippen LogP contribution in [-0.4, -0.2) is 13.7 Å². The normalized spacial score (nSPS) is 12.8. The van der Waals surface area contributed by atoms with E-state index in [1.807, 2.05) is 18.2 Å². The lowest BCUT2D eigenvalue weighted by Crippen LogP contribution is -2.28. The second-order valence-corrected chi connectivity index (χ2v) is 4.79. The molecule has 0 saturated heterocycles. The Labute approximate surface area is 109 Å². The van der Waals surface area contributed by atoms with Crippen molar-refractivity contribution in [3.8, 4) is 0 Å². The first-order valence-electron chi connectivity index (χ1n) is 5.09. The zero-order chi connectivity index (χ0) is 12.0. The van der Waals surface area contributed by atoms with Crippen molar-refractivity contribution in [2.75, 3.05) is 13.7 Å². The van der Waals surface area contributed by atoms with Crippen molar-refractivity contribution >= 4 is 27.5 Å². The van der Waals surface area contributed by atoms with E-state index >= 15 is 0 Å². The SMILES string of the molecule is COCCCC(NN)c1ccc(Cl)c(Br)c1. The maximum Gasteiger partial charge on any atom is 0.0548 e. The fourth-order valence-corrected chi connectivity index (χ4v) is 2.02. The van der Waals surface area contributed by atoms with Gasteiger partial charge < -0.3 is 4.74 Å². The molecule has 1 rings (SSSR count). The summed E-state index contributed by atoms with van der Waals surface area (Å²) in [5.41, 5.74) is 3.92. The van der Waals surface area contributed by atoms with Crippen molar-refractivity contribution < 1.29 is 4.74 Å². The smallest absolute Gasteiger partial charge is 0.0548 e. The fraction of sp³-hybridized carbons (Fsp3) is 0.455. The average molecular weight is 308 g/mol. The van der Waals surface area contributed by atoms with E-state index in [2.05, 4.69) is 21.4 Å². The summed E-state index contributed by atoms with van der Waals surface area (Å²) in [5, 5.41) is 0.705. The standard InChI is InChI=1S/C11H16BrClN2O/c1-16-6-2-3-11(15-14)8-4-5-10(13)9(12)7-8/h4-5,7,11,15H,2-3,6,14H2,1H3. The van der Waals surface area contributed by atoms with Crippen LogP contribution in [0.25, 0.3) is 0 Å². The molecule has 0 aromatic heterocycles. The van der Waals surface area contributed by atoms with Gasteiger partial charge in [0.25, 0.3) is 0 Å². The Bertz CT molecular complexity index is 336. The molecule has 90 valence electrons. The van der Waals surface area contributed by atoms with Crippen LogP contribution in [0.5, 0.6) is 0 Å². The highest BCUT2D eigenvalue weighted by Gasteiger charge is 2.10. The Hall–Kier alpha value is -0.130. The van der Waals surface area contributed by atoms with Crippen LogP contribution in [-0.2, 0) is 4.74 Å². The van der Waals surface area contributed by atoms with Gasteiger partial charge in [-0.2, -0.15) is 0 Å². The molecular formula is C11H16BrClN2O. The molecule has 0 radical (unpaired) electrons. The van der Waals surface area contributed by atoms with Gasteiger partial charge in [0, 0.05) is 24.2 Å². The number of rotatable bonds is 6. The van der Waals surface area contributed by atoms with Gasteiger partial charge in [-0.3, -0.25) is 11.3 Å². The molecule has 0 aliphatic heterocycles. The van der Waals surface area contributed by atoms with Crippen molar-refractivity contribution in [2.24, 2.45) is 5.84 Å². The van der Waals surface area contributed by atoms with E-state index in [0.29, 0.717) is 5.02 Å². The topological polar surface area (TPSA) is 47.3 Å². The Morgan fingerprint density at radius 3 is 2.88 bits per heavy atom. The van der Waals surface area contributed by atoms with Gasteiger partial charge in [0.1, 0.15) is 0 Å². The van der Waals surface area contributed by atoms with E-state index in [4.69, 9.17) is 22.2 Å². The molecule has 0 saturated carbocycles. The highest BCUT2D eigenvalue weighted by Crippen LogP contribution is 2.27. The van der Waals surface area contributed by atoms with Gasteiger partial charge in [0.15, 0.2) is 0 Å². The third kappa shape index (κ3) is 4.03. The van der Waals surface area contributed by atoms with Crippen LogP contribution in [0.15, 0.2) is 22.7 Å². The molecular weight excluding hydrogens is 291 g/mol. The molecule has 0 heterocycles. The van der Waals surface area contributed by atoms with Gasteiger partial charge in [-0.25, -0.2) is 0 Å². The molecule has 16 heavy (non-hydrogen) atoms. The van der Waals surface area contributed by atoms with Crippen LogP contribution in [0.3, 0.4) is 0 Å². The van der Waals surface area contributed by atoms with E-state index in [0.717, 1.165) is 29.5 Å². The number of halogens is 2. The van der Waals surface area contributed by atoms with Crippen LogP contribution < -0.4 is 11.3 Å². The maximum atomic E-state index is 5.94. The summed E-state index contributed by atoms with van der Waals surface area (Å²) in [7, 11) is 1.70. The molecule has 3 N–H and O–H groups in total. The van der Waals surface area contributed by atoms with Gasteiger partial charge in [-0.15, -0.1) is 0 Å². The van der Waals surface area contributed by atoms with Gasteiger partial charge in [0.2, 0.25) is 0 Å². The molecule has 1 atom stereocenters. The third-order valence-corrected chi connectivity index (χ3v) is 3.60. The zero-order valence-electron chi connectivity index (χ0n) is 9.17. The number of hydrazine groups is 1. The van der Waals surface area contributed by atoms with E-state index in [1.165, 1.54) is 0 Å². The van der Waals surface area contributed by atoms with E-state index in [1.54, 1.807) is 7.11 Å². The second-order valence-electron chi connectivity index (χ2n) is 3.53. The maximum absolute atomic E-state index is 5.94. The summed E-state index contributed by atoms with van der Waals surface area (Å²) in [6, 6.07) is 5.95. The minimum absolute atomic E-state index is 0.128. The molecule has 0 fully saturated rings. The fourth-order valence-electron chi connectivity index (χ4n) is 1.51. The summed E-state index contributed by atoms with van der Waals surface area (Å²) in [5.74, 6) is 5.54. The lowest BCUT2D eigenvalue weighted by molar-refractivity contribution is 0.189. The minimum atomic E-state index is 0.128. The van der Waals surface area contributed by atoms with Crippen molar-refractivity contribution in [3.05, 3.63) is 33.3 Å². The van der Waals surface area contributed by atoms with Crippen molar-refractivity contribution in [1.29, 1.82) is 0 Å². The third-order valence-electron chi connectivity index (χ3n) is 2.39. The Balaban J connectivity index is 2.67. The van der Waals surface area contributed by atoms with Crippen LogP contribution in [0.4, 0.5) is 0 Å². The number of nitrogens with one attached hydrogen (secondary N) is 1. The lowest BCUT2D eigenvalue weighted by Gasteiger charge is -2.16. The van der Waals surface area contributed by atoms with E-state index in [-0.39, 0.29) is 6.04 Å². The van der Waals surface area contributed by atoms with Gasteiger partial charge >= 0.3 is 0 Å². The largest absolute Gasteiger partial charge is 0.385 e. The number of hydrogen-bond acceptors (Lipinski definition) is 3. The van der Waals surface area contributed by atoms with Crippen LogP contribution >= 0.6 is 27.5 Å². The van der Waals surface area contributed by atoms with Gasteiger partial charge in [0.05, 0.1) is 5.02 Å². The summed E-state index contributed by atoms with van der Waals surface area (Å²) in [4.78, 5) is 0. The minimum Gasteiger partial charge on any atom is -0.385 e. The predicted molar refractivity (Wildman–Crippen MR) is 70.3 cm³/mol. The van der Waals surface area contributed by atoms with Crippen LogP contribution in [0, 0.1) is 0 Å². The van der Waals surface area contributed by atoms with Crippen molar-refractivity contribution in [1.82, 2.24) is 5.43 Å².